The van der Waals surface area contributed by atoms with Crippen LogP contribution in [0.2, 0.25) is 0 Å². The van der Waals surface area contributed by atoms with Crippen molar-refractivity contribution in [1.82, 2.24) is 0 Å². The highest BCUT2D eigenvalue weighted by Crippen LogP contribution is 2.43. The highest BCUT2D eigenvalue weighted by molar-refractivity contribution is 5.98. The quantitative estimate of drug-likeness (QED) is 0.208. The monoisotopic (exact) mass is 476 g/mol. The van der Waals surface area contributed by atoms with E-state index in [1.54, 1.807) is 62.6 Å². The molecule has 0 aliphatic carbocycles. The molecular weight excluding hydrogens is 452 g/mol. The summed E-state index contributed by atoms with van der Waals surface area (Å²) in [6.07, 6.45) is 0. The molecule has 4 rings (SSSR count). The number of fused-ring (bicyclic) bond motifs is 1. The van der Waals surface area contributed by atoms with E-state index >= 15 is 0 Å². The van der Waals surface area contributed by atoms with Crippen molar-refractivity contribution in [3.63, 3.8) is 0 Å². The van der Waals surface area contributed by atoms with Crippen molar-refractivity contribution in [1.29, 1.82) is 0 Å². The smallest absolute Gasteiger partial charge is 0.212 e. The minimum Gasteiger partial charge on any atom is -0.497 e. The Morgan fingerprint density at radius 1 is 0.800 bits per heavy atom. The highest BCUT2D eigenvalue weighted by Gasteiger charge is 2.21. The molecule has 0 saturated heterocycles. The lowest BCUT2D eigenvalue weighted by Crippen LogP contribution is -2.07. The third-order valence-electron chi connectivity index (χ3n) is 5.47. The number of methoxy groups -OCH3 is 3. The Hall–Kier alpha value is -4.66. The van der Waals surface area contributed by atoms with Crippen LogP contribution >= 0.6 is 0 Å². The van der Waals surface area contributed by atoms with Gasteiger partial charge in [0.05, 0.1) is 32.4 Å². The van der Waals surface area contributed by atoms with E-state index in [4.69, 9.17) is 28.6 Å². The minimum absolute atomic E-state index is 0.228. The van der Waals surface area contributed by atoms with Gasteiger partial charge in [-0.3, -0.25) is 0 Å². The van der Waals surface area contributed by atoms with Gasteiger partial charge in [-0.15, -0.1) is 0 Å². The molecule has 1 heterocycles. The van der Waals surface area contributed by atoms with Gasteiger partial charge in [-0.1, -0.05) is 10.3 Å². The summed E-state index contributed by atoms with van der Waals surface area (Å²) in [6.45, 7) is 1.69. The third kappa shape index (κ3) is 4.56. The van der Waals surface area contributed by atoms with Crippen molar-refractivity contribution < 1.29 is 33.8 Å². The van der Waals surface area contributed by atoms with Gasteiger partial charge in [-0.25, -0.2) is 0 Å². The SMILES string of the molecule is COc1ccc(-c2c/c(=N\O)c3c(OC)cc(OC)c(Oc4ccc(/C(C)=N/O)cc4)c3o2)cc1. The van der Waals surface area contributed by atoms with Crippen LogP contribution in [-0.4, -0.2) is 37.5 Å². The topological polar surface area (TPSA) is 115 Å². The molecule has 35 heavy (non-hydrogen) atoms. The maximum Gasteiger partial charge on any atom is 0.212 e. The molecular formula is C26H24N2O7. The van der Waals surface area contributed by atoms with E-state index in [-0.39, 0.29) is 16.7 Å². The van der Waals surface area contributed by atoms with Gasteiger partial charge in [0.1, 0.15) is 28.4 Å². The summed E-state index contributed by atoms with van der Waals surface area (Å²) in [5.41, 5.74) is 2.20. The average Bonchev–Trinajstić information content (AvgIpc) is 2.92. The number of nitrogens with zero attached hydrogens (tertiary/aromatic N) is 2. The van der Waals surface area contributed by atoms with Crippen LogP contribution in [0.1, 0.15) is 12.5 Å². The molecule has 2 N–H and O–H groups in total. The molecule has 0 aliphatic rings. The second-order valence-corrected chi connectivity index (χ2v) is 7.45. The molecule has 0 amide bonds. The molecule has 0 bridgehead atoms. The molecule has 0 atom stereocenters. The largest absolute Gasteiger partial charge is 0.497 e. The summed E-state index contributed by atoms with van der Waals surface area (Å²) >= 11 is 0. The number of rotatable bonds is 7. The first kappa shape index (κ1) is 23.5. The van der Waals surface area contributed by atoms with Crippen LogP contribution in [0, 0.1) is 0 Å². The van der Waals surface area contributed by atoms with E-state index in [0.717, 1.165) is 11.1 Å². The van der Waals surface area contributed by atoms with Gasteiger partial charge in [0.25, 0.3) is 0 Å². The second kappa shape index (κ2) is 10.1. The lowest BCUT2D eigenvalue weighted by molar-refractivity contribution is 0.302. The molecule has 180 valence electrons. The first-order valence-corrected chi connectivity index (χ1v) is 10.5. The first-order chi connectivity index (χ1) is 17.0. The molecule has 0 radical (unpaired) electrons. The number of hydrogen-bond acceptors (Lipinski definition) is 9. The van der Waals surface area contributed by atoms with Crippen molar-refractivity contribution in [2.45, 2.75) is 6.92 Å². The van der Waals surface area contributed by atoms with Crippen LogP contribution in [0.25, 0.3) is 22.3 Å². The van der Waals surface area contributed by atoms with E-state index in [1.165, 1.54) is 14.2 Å². The fourth-order valence-corrected chi connectivity index (χ4v) is 3.60. The Morgan fingerprint density at radius 3 is 2.03 bits per heavy atom. The summed E-state index contributed by atoms with van der Waals surface area (Å²) in [4.78, 5) is 0. The first-order valence-electron chi connectivity index (χ1n) is 10.5. The Morgan fingerprint density at radius 2 is 1.46 bits per heavy atom. The van der Waals surface area contributed by atoms with Gasteiger partial charge in [-0.05, 0) is 61.0 Å². The molecule has 0 saturated carbocycles. The normalized spacial score (nSPS) is 12.0. The number of ether oxygens (including phenoxy) is 4. The molecule has 0 fully saturated rings. The van der Waals surface area contributed by atoms with Gasteiger partial charge in [-0.2, -0.15) is 0 Å². The highest BCUT2D eigenvalue weighted by atomic mass is 16.5. The standard InChI is InChI=1S/C26H24N2O7/c1-15(27-29)16-5-11-19(12-6-16)34-25-23(33-4)14-22(32-3)24-20(28-30)13-21(35-26(24)25)17-7-9-18(31-2)10-8-17/h5-14,29-30H,1-4H3/b27-15+,28-20+. The maximum atomic E-state index is 9.83. The van der Waals surface area contributed by atoms with Gasteiger partial charge in [0, 0.05) is 17.7 Å². The molecule has 0 spiro atoms. The Labute approximate surface area is 201 Å². The van der Waals surface area contributed by atoms with E-state index < -0.39 is 0 Å². The van der Waals surface area contributed by atoms with Crippen LogP contribution in [-0.2, 0) is 0 Å². The summed E-state index contributed by atoms with van der Waals surface area (Å²) in [7, 11) is 4.59. The van der Waals surface area contributed by atoms with E-state index in [0.29, 0.717) is 39.9 Å². The zero-order chi connectivity index (χ0) is 24.9. The molecule has 9 nitrogen and oxygen atoms in total. The van der Waals surface area contributed by atoms with E-state index in [2.05, 4.69) is 10.3 Å². The average molecular weight is 476 g/mol. The lowest BCUT2D eigenvalue weighted by Gasteiger charge is -2.16. The van der Waals surface area contributed by atoms with Crippen LogP contribution in [0.5, 0.6) is 28.7 Å². The predicted octanol–water partition coefficient (Wildman–Crippen LogP) is 5.41. The Balaban J connectivity index is 1.94. The number of oxime groups is 1. The van der Waals surface area contributed by atoms with Gasteiger partial charge < -0.3 is 33.8 Å². The van der Waals surface area contributed by atoms with Crippen LogP contribution in [0.15, 0.2) is 75.4 Å². The maximum absolute atomic E-state index is 9.83. The van der Waals surface area contributed by atoms with Crippen LogP contribution in [0.3, 0.4) is 0 Å². The fourth-order valence-electron chi connectivity index (χ4n) is 3.60. The van der Waals surface area contributed by atoms with Crippen LogP contribution < -0.4 is 24.3 Å². The summed E-state index contributed by atoms with van der Waals surface area (Å²) in [5, 5.41) is 26.2. The van der Waals surface area contributed by atoms with Crippen molar-refractivity contribution in [3.8, 4) is 40.1 Å². The molecule has 1 aromatic heterocycles. The van der Waals surface area contributed by atoms with E-state index in [9.17, 15) is 5.21 Å². The summed E-state index contributed by atoms with van der Waals surface area (Å²) < 4.78 is 28.8. The number of benzene rings is 3. The summed E-state index contributed by atoms with van der Waals surface area (Å²) in [5.74, 6) is 2.61. The Kier molecular flexibility index (Phi) is 6.77. The zero-order valence-corrected chi connectivity index (χ0v) is 19.6. The third-order valence-corrected chi connectivity index (χ3v) is 5.47. The predicted molar refractivity (Wildman–Crippen MR) is 129 cm³/mol. The summed E-state index contributed by atoms with van der Waals surface area (Å²) in [6, 6.07) is 17.5. The van der Waals surface area contributed by atoms with Gasteiger partial charge in [0.15, 0.2) is 11.3 Å². The molecule has 0 unspecified atom stereocenters. The Bertz CT molecular complexity index is 1440. The lowest BCUT2D eigenvalue weighted by atomic mass is 10.1. The zero-order valence-electron chi connectivity index (χ0n) is 19.6. The molecule has 3 aromatic carbocycles. The molecule has 0 aliphatic heterocycles. The fraction of sp³-hybridized carbons (Fsp3) is 0.154. The van der Waals surface area contributed by atoms with Crippen molar-refractivity contribution in [3.05, 3.63) is 71.6 Å². The minimum atomic E-state index is 0.228. The molecule has 4 aromatic rings. The second-order valence-electron chi connectivity index (χ2n) is 7.45. The van der Waals surface area contributed by atoms with E-state index in [1.807, 2.05) is 12.1 Å². The van der Waals surface area contributed by atoms with Crippen molar-refractivity contribution in [2.75, 3.05) is 21.3 Å². The van der Waals surface area contributed by atoms with Gasteiger partial charge in [0.2, 0.25) is 5.75 Å². The number of hydrogen-bond donors (Lipinski definition) is 2. The molecule has 9 heteroatoms. The van der Waals surface area contributed by atoms with Crippen molar-refractivity contribution >= 4 is 16.7 Å². The van der Waals surface area contributed by atoms with Crippen molar-refractivity contribution in [2.24, 2.45) is 10.3 Å². The van der Waals surface area contributed by atoms with Crippen LogP contribution in [0.4, 0.5) is 0 Å². The van der Waals surface area contributed by atoms with Gasteiger partial charge >= 0.3 is 0 Å².